The van der Waals surface area contributed by atoms with Crippen molar-refractivity contribution in [3.05, 3.63) is 65.2 Å². The van der Waals surface area contributed by atoms with Crippen LogP contribution in [0.5, 0.6) is 17.2 Å². The molecule has 0 N–H and O–H groups in total. The second kappa shape index (κ2) is 10.4. The van der Waals surface area contributed by atoms with Crippen molar-refractivity contribution >= 4 is 34.4 Å². The van der Waals surface area contributed by atoms with E-state index in [0.717, 1.165) is 40.2 Å². The molecule has 5 nitrogen and oxygen atoms in total. The highest BCUT2D eigenvalue weighted by atomic mass is 35.5. The Morgan fingerprint density at radius 1 is 0.939 bits per heavy atom. The van der Waals surface area contributed by atoms with E-state index in [1.807, 2.05) is 42.1 Å². The fourth-order valence-corrected chi connectivity index (χ4v) is 4.83. The largest absolute Gasteiger partial charge is 0.493 e. The van der Waals surface area contributed by atoms with Crippen molar-refractivity contribution in [1.82, 2.24) is 9.55 Å². The zero-order valence-electron chi connectivity index (χ0n) is 19.2. The van der Waals surface area contributed by atoms with E-state index in [9.17, 15) is 0 Å². The van der Waals surface area contributed by atoms with Crippen molar-refractivity contribution in [2.75, 3.05) is 27.1 Å². The van der Waals surface area contributed by atoms with Crippen LogP contribution in [0.4, 0.5) is 0 Å². The quantitative estimate of drug-likeness (QED) is 0.242. The van der Waals surface area contributed by atoms with Gasteiger partial charge in [0.25, 0.3) is 0 Å². The van der Waals surface area contributed by atoms with E-state index in [1.54, 1.807) is 21.3 Å². The van der Waals surface area contributed by atoms with E-state index in [4.69, 9.17) is 30.8 Å². The zero-order chi connectivity index (χ0) is 23.4. The molecule has 0 bridgehead atoms. The molecule has 1 heterocycles. The third kappa shape index (κ3) is 4.92. The maximum absolute atomic E-state index is 6.28. The summed E-state index contributed by atoms with van der Waals surface area (Å²) in [5, 5.41) is 0.713. The van der Waals surface area contributed by atoms with Gasteiger partial charge in [0.1, 0.15) is 5.82 Å². The third-order valence-electron chi connectivity index (χ3n) is 5.35. The molecule has 33 heavy (non-hydrogen) atoms. The van der Waals surface area contributed by atoms with Crippen LogP contribution < -0.4 is 14.2 Å². The van der Waals surface area contributed by atoms with Gasteiger partial charge >= 0.3 is 0 Å². The summed E-state index contributed by atoms with van der Waals surface area (Å²) in [6.45, 7) is 2.82. The maximum atomic E-state index is 6.28. The first-order chi connectivity index (χ1) is 16.1. The van der Waals surface area contributed by atoms with Gasteiger partial charge in [-0.15, -0.1) is 11.8 Å². The van der Waals surface area contributed by atoms with E-state index >= 15 is 0 Å². The Bertz CT molecular complexity index is 1250. The minimum atomic E-state index is 0.555. The van der Waals surface area contributed by atoms with Gasteiger partial charge in [-0.3, -0.25) is 0 Å². The Labute approximate surface area is 203 Å². The SMILES string of the molecule is CCCSc1ccc2nc(-c3cc(OC)c(OC)c(OC)c3)n(Cc3cccc(Cl)c3)c2c1. The first-order valence-corrected chi connectivity index (χ1v) is 12.1. The Morgan fingerprint density at radius 3 is 2.33 bits per heavy atom. The number of hydrogen-bond acceptors (Lipinski definition) is 5. The van der Waals surface area contributed by atoms with Crippen molar-refractivity contribution in [2.24, 2.45) is 0 Å². The van der Waals surface area contributed by atoms with E-state index in [-0.39, 0.29) is 0 Å². The molecule has 0 aliphatic rings. The van der Waals surface area contributed by atoms with Crippen molar-refractivity contribution in [3.63, 3.8) is 0 Å². The molecular weight excluding hydrogens is 456 g/mol. The van der Waals surface area contributed by atoms with Crippen LogP contribution in [0.3, 0.4) is 0 Å². The van der Waals surface area contributed by atoms with Gasteiger partial charge in [-0.05, 0) is 60.2 Å². The van der Waals surface area contributed by atoms with Crippen LogP contribution in [0.1, 0.15) is 18.9 Å². The van der Waals surface area contributed by atoms with Crippen LogP contribution in [0.2, 0.25) is 5.02 Å². The highest BCUT2D eigenvalue weighted by Gasteiger charge is 2.19. The molecule has 0 atom stereocenters. The van der Waals surface area contributed by atoms with Gasteiger partial charge < -0.3 is 18.8 Å². The van der Waals surface area contributed by atoms with E-state index in [0.29, 0.717) is 28.8 Å². The van der Waals surface area contributed by atoms with Crippen molar-refractivity contribution in [3.8, 4) is 28.6 Å². The number of fused-ring (bicyclic) bond motifs is 1. The van der Waals surface area contributed by atoms with Crippen LogP contribution in [-0.2, 0) is 6.54 Å². The summed E-state index contributed by atoms with van der Waals surface area (Å²) in [7, 11) is 4.84. The van der Waals surface area contributed by atoms with Gasteiger partial charge in [0.2, 0.25) is 5.75 Å². The fraction of sp³-hybridized carbons (Fsp3) is 0.269. The Balaban J connectivity index is 1.92. The molecule has 0 saturated heterocycles. The monoisotopic (exact) mass is 482 g/mol. The van der Waals surface area contributed by atoms with Gasteiger partial charge in [-0.2, -0.15) is 0 Å². The molecule has 0 spiro atoms. The standard InChI is InChI=1S/C26H27ClN2O3S/c1-5-11-33-20-9-10-21-22(15-20)29(16-17-7-6-8-19(27)12-17)26(28-21)18-13-23(30-2)25(32-4)24(14-18)31-3/h6-10,12-15H,5,11,16H2,1-4H3. The summed E-state index contributed by atoms with van der Waals surface area (Å²) in [5.41, 5.74) is 3.98. The number of ether oxygens (including phenoxy) is 3. The summed E-state index contributed by atoms with van der Waals surface area (Å²) >= 11 is 8.14. The normalized spacial score (nSPS) is 11.1. The molecular formula is C26H27ClN2O3S. The van der Waals surface area contributed by atoms with Gasteiger partial charge in [0.05, 0.1) is 32.4 Å². The Morgan fingerprint density at radius 2 is 1.70 bits per heavy atom. The highest BCUT2D eigenvalue weighted by Crippen LogP contribution is 2.42. The van der Waals surface area contributed by atoms with Gasteiger partial charge in [0, 0.05) is 22.0 Å². The number of aromatic nitrogens is 2. The minimum absolute atomic E-state index is 0.555. The number of benzene rings is 3. The predicted molar refractivity (Wildman–Crippen MR) is 136 cm³/mol. The number of nitrogens with zero attached hydrogens (tertiary/aromatic N) is 2. The number of halogens is 1. The van der Waals surface area contributed by atoms with Crippen LogP contribution in [0.15, 0.2) is 59.5 Å². The molecule has 4 aromatic rings. The molecule has 4 rings (SSSR count). The molecule has 0 unspecified atom stereocenters. The second-order valence-corrected chi connectivity index (χ2v) is 9.17. The highest BCUT2D eigenvalue weighted by molar-refractivity contribution is 7.99. The van der Waals surface area contributed by atoms with E-state index in [1.165, 1.54) is 4.90 Å². The lowest BCUT2D eigenvalue weighted by molar-refractivity contribution is 0.324. The summed E-state index contributed by atoms with van der Waals surface area (Å²) in [6, 6.07) is 18.2. The van der Waals surface area contributed by atoms with Crippen LogP contribution in [0, 0.1) is 0 Å². The molecule has 3 aromatic carbocycles. The molecule has 1 aromatic heterocycles. The Hall–Kier alpha value is -2.83. The lowest BCUT2D eigenvalue weighted by Crippen LogP contribution is -2.03. The molecule has 0 aliphatic heterocycles. The van der Waals surface area contributed by atoms with E-state index in [2.05, 4.69) is 35.8 Å². The summed E-state index contributed by atoms with van der Waals surface area (Å²) < 4.78 is 18.9. The lowest BCUT2D eigenvalue weighted by Gasteiger charge is -2.15. The van der Waals surface area contributed by atoms with E-state index < -0.39 is 0 Å². The number of methoxy groups -OCH3 is 3. The first kappa shape index (κ1) is 23.3. The first-order valence-electron chi connectivity index (χ1n) is 10.8. The molecule has 0 fully saturated rings. The molecule has 7 heteroatoms. The lowest BCUT2D eigenvalue weighted by atomic mass is 10.1. The number of rotatable bonds is 9. The average Bonchev–Trinajstić information content (AvgIpc) is 3.19. The second-order valence-electron chi connectivity index (χ2n) is 7.56. The summed E-state index contributed by atoms with van der Waals surface area (Å²) in [4.78, 5) is 6.23. The molecule has 0 aliphatic carbocycles. The van der Waals surface area contributed by atoms with Gasteiger partial charge in [-0.1, -0.05) is 30.7 Å². The van der Waals surface area contributed by atoms with Crippen molar-refractivity contribution < 1.29 is 14.2 Å². The van der Waals surface area contributed by atoms with Crippen LogP contribution in [0.25, 0.3) is 22.4 Å². The number of hydrogen-bond donors (Lipinski definition) is 0. The third-order valence-corrected chi connectivity index (χ3v) is 6.78. The summed E-state index contributed by atoms with van der Waals surface area (Å²) in [5.74, 6) is 3.63. The molecule has 172 valence electrons. The number of imidazole rings is 1. The van der Waals surface area contributed by atoms with Crippen molar-refractivity contribution in [1.29, 1.82) is 0 Å². The van der Waals surface area contributed by atoms with Gasteiger partial charge in [-0.25, -0.2) is 4.98 Å². The van der Waals surface area contributed by atoms with Crippen LogP contribution in [-0.4, -0.2) is 36.6 Å². The number of thioether (sulfide) groups is 1. The maximum Gasteiger partial charge on any atom is 0.203 e. The Kier molecular flexibility index (Phi) is 7.36. The smallest absolute Gasteiger partial charge is 0.203 e. The molecule has 0 amide bonds. The fourth-order valence-electron chi connectivity index (χ4n) is 3.82. The predicted octanol–water partition coefficient (Wildman–Crippen LogP) is 6.93. The summed E-state index contributed by atoms with van der Waals surface area (Å²) in [6.07, 6.45) is 1.13. The van der Waals surface area contributed by atoms with Crippen LogP contribution >= 0.6 is 23.4 Å². The minimum Gasteiger partial charge on any atom is -0.493 e. The molecule has 0 radical (unpaired) electrons. The van der Waals surface area contributed by atoms with Gasteiger partial charge in [0.15, 0.2) is 11.5 Å². The average molecular weight is 483 g/mol. The van der Waals surface area contributed by atoms with Crippen molar-refractivity contribution in [2.45, 2.75) is 24.8 Å². The topological polar surface area (TPSA) is 45.5 Å². The molecule has 0 saturated carbocycles. The zero-order valence-corrected chi connectivity index (χ0v) is 20.8.